The van der Waals surface area contributed by atoms with E-state index in [0.717, 1.165) is 11.4 Å². The van der Waals surface area contributed by atoms with Gasteiger partial charge in [0.1, 0.15) is 0 Å². The van der Waals surface area contributed by atoms with Gasteiger partial charge in [0.05, 0.1) is 11.8 Å². The number of rotatable bonds is 3. The van der Waals surface area contributed by atoms with Gasteiger partial charge in [-0.25, -0.2) is 0 Å². The summed E-state index contributed by atoms with van der Waals surface area (Å²) in [6.07, 6.45) is 0. The molecule has 0 aliphatic rings. The van der Waals surface area contributed by atoms with Crippen molar-refractivity contribution in [3.63, 3.8) is 0 Å². The standard InChI is InChI=1S/C9H10N2S/c10-5-6-12-7-8-1-3-9(11)4-2-8/h1-4H,6-7,11H2. The summed E-state index contributed by atoms with van der Waals surface area (Å²) >= 11 is 1.61. The Morgan fingerprint density at radius 1 is 1.33 bits per heavy atom. The minimum Gasteiger partial charge on any atom is -0.399 e. The fourth-order valence-electron chi connectivity index (χ4n) is 0.828. The Hall–Kier alpha value is -1.14. The summed E-state index contributed by atoms with van der Waals surface area (Å²) in [5.41, 5.74) is 7.52. The number of nitrogens with two attached hydrogens (primary N) is 1. The van der Waals surface area contributed by atoms with Crippen molar-refractivity contribution in [2.24, 2.45) is 0 Å². The molecule has 2 nitrogen and oxygen atoms in total. The SMILES string of the molecule is N#CCSCc1ccc(N)cc1. The lowest BCUT2D eigenvalue weighted by Crippen LogP contribution is -1.85. The van der Waals surface area contributed by atoms with E-state index in [1.165, 1.54) is 5.56 Å². The Bertz CT molecular complexity index is 274. The molecule has 0 amide bonds. The molecular formula is C9H10N2S. The van der Waals surface area contributed by atoms with Crippen LogP contribution in [0.5, 0.6) is 0 Å². The van der Waals surface area contributed by atoms with Gasteiger partial charge in [-0.3, -0.25) is 0 Å². The first-order valence-electron chi connectivity index (χ1n) is 3.62. The third-order valence-electron chi connectivity index (χ3n) is 1.42. The van der Waals surface area contributed by atoms with Crippen molar-refractivity contribution in [2.45, 2.75) is 5.75 Å². The molecular weight excluding hydrogens is 168 g/mol. The van der Waals surface area contributed by atoms with Crippen LogP contribution in [-0.2, 0) is 5.75 Å². The second-order valence-electron chi connectivity index (χ2n) is 2.39. The van der Waals surface area contributed by atoms with Crippen LogP contribution in [0.15, 0.2) is 24.3 Å². The molecule has 0 bridgehead atoms. The zero-order valence-corrected chi connectivity index (χ0v) is 7.47. The Labute approximate surface area is 76.4 Å². The maximum atomic E-state index is 8.30. The van der Waals surface area contributed by atoms with Crippen LogP contribution >= 0.6 is 11.8 Å². The van der Waals surface area contributed by atoms with Gasteiger partial charge in [-0.15, -0.1) is 11.8 Å². The number of hydrogen-bond acceptors (Lipinski definition) is 3. The number of nitrogens with zero attached hydrogens (tertiary/aromatic N) is 1. The van der Waals surface area contributed by atoms with Crippen LogP contribution in [0.3, 0.4) is 0 Å². The molecule has 0 heterocycles. The van der Waals surface area contributed by atoms with Crippen molar-refractivity contribution >= 4 is 17.4 Å². The number of hydrogen-bond donors (Lipinski definition) is 1. The Balaban J connectivity index is 2.43. The normalized spacial score (nSPS) is 9.25. The third kappa shape index (κ3) is 2.85. The van der Waals surface area contributed by atoms with Crippen LogP contribution < -0.4 is 5.73 Å². The van der Waals surface area contributed by atoms with E-state index < -0.39 is 0 Å². The number of nitrogen functional groups attached to an aromatic ring is 1. The van der Waals surface area contributed by atoms with Gasteiger partial charge in [-0.05, 0) is 17.7 Å². The van der Waals surface area contributed by atoms with E-state index in [1.807, 2.05) is 24.3 Å². The van der Waals surface area contributed by atoms with E-state index in [1.54, 1.807) is 11.8 Å². The van der Waals surface area contributed by atoms with E-state index in [0.29, 0.717) is 5.75 Å². The molecule has 0 fully saturated rings. The van der Waals surface area contributed by atoms with Crippen molar-refractivity contribution < 1.29 is 0 Å². The second-order valence-corrected chi connectivity index (χ2v) is 3.38. The van der Waals surface area contributed by atoms with Crippen molar-refractivity contribution in [3.05, 3.63) is 29.8 Å². The number of anilines is 1. The molecule has 0 spiro atoms. The largest absolute Gasteiger partial charge is 0.399 e. The first kappa shape index (κ1) is 8.95. The molecule has 0 aliphatic carbocycles. The van der Waals surface area contributed by atoms with Crippen molar-refractivity contribution in [2.75, 3.05) is 11.5 Å². The van der Waals surface area contributed by atoms with Gasteiger partial charge < -0.3 is 5.73 Å². The van der Waals surface area contributed by atoms with Crippen molar-refractivity contribution in [1.82, 2.24) is 0 Å². The molecule has 0 saturated carbocycles. The molecule has 1 aromatic carbocycles. The summed E-state index contributed by atoms with van der Waals surface area (Å²) in [7, 11) is 0. The lowest BCUT2D eigenvalue weighted by atomic mass is 10.2. The fourth-order valence-corrected chi connectivity index (χ4v) is 1.45. The topological polar surface area (TPSA) is 49.8 Å². The van der Waals surface area contributed by atoms with Gasteiger partial charge in [-0.1, -0.05) is 12.1 Å². The lowest BCUT2D eigenvalue weighted by molar-refractivity contribution is 1.41. The van der Waals surface area contributed by atoms with Gasteiger partial charge in [-0.2, -0.15) is 5.26 Å². The zero-order chi connectivity index (χ0) is 8.81. The first-order chi connectivity index (χ1) is 5.83. The minimum absolute atomic E-state index is 0.546. The monoisotopic (exact) mass is 178 g/mol. The number of nitriles is 1. The molecule has 0 saturated heterocycles. The van der Waals surface area contributed by atoms with Crippen LogP contribution in [0.4, 0.5) is 5.69 Å². The van der Waals surface area contributed by atoms with E-state index in [-0.39, 0.29) is 0 Å². The summed E-state index contributed by atoms with van der Waals surface area (Å²) < 4.78 is 0. The first-order valence-corrected chi connectivity index (χ1v) is 4.77. The minimum atomic E-state index is 0.546. The second kappa shape index (κ2) is 4.68. The van der Waals surface area contributed by atoms with Crippen LogP contribution in [0.25, 0.3) is 0 Å². The Morgan fingerprint density at radius 2 is 2.00 bits per heavy atom. The molecule has 0 aliphatic heterocycles. The van der Waals surface area contributed by atoms with Gasteiger partial charge in [0, 0.05) is 11.4 Å². The molecule has 0 unspecified atom stereocenters. The molecule has 2 N–H and O–H groups in total. The van der Waals surface area contributed by atoms with Gasteiger partial charge in [0.2, 0.25) is 0 Å². The number of thioether (sulfide) groups is 1. The highest BCUT2D eigenvalue weighted by Gasteiger charge is 1.91. The summed E-state index contributed by atoms with van der Waals surface area (Å²) in [6, 6.07) is 9.81. The molecule has 0 aromatic heterocycles. The highest BCUT2D eigenvalue weighted by molar-refractivity contribution is 7.98. The molecule has 62 valence electrons. The maximum absolute atomic E-state index is 8.30. The Kier molecular flexibility index (Phi) is 3.49. The van der Waals surface area contributed by atoms with E-state index in [9.17, 15) is 0 Å². The Morgan fingerprint density at radius 3 is 2.58 bits per heavy atom. The molecule has 0 atom stereocenters. The molecule has 12 heavy (non-hydrogen) atoms. The van der Waals surface area contributed by atoms with Crippen LogP contribution in [0.1, 0.15) is 5.56 Å². The average Bonchev–Trinajstić information content (AvgIpc) is 2.09. The highest BCUT2D eigenvalue weighted by atomic mass is 32.2. The van der Waals surface area contributed by atoms with Crippen LogP contribution in [0.2, 0.25) is 0 Å². The quantitative estimate of drug-likeness (QED) is 0.569. The van der Waals surface area contributed by atoms with Crippen LogP contribution in [0, 0.1) is 11.3 Å². The lowest BCUT2D eigenvalue weighted by Gasteiger charge is -1.98. The van der Waals surface area contributed by atoms with E-state index in [2.05, 4.69) is 6.07 Å². The van der Waals surface area contributed by atoms with Gasteiger partial charge >= 0.3 is 0 Å². The highest BCUT2D eigenvalue weighted by Crippen LogP contribution is 2.12. The maximum Gasteiger partial charge on any atom is 0.0811 e. The average molecular weight is 178 g/mol. The summed E-state index contributed by atoms with van der Waals surface area (Å²) in [5.74, 6) is 1.43. The molecule has 1 aromatic rings. The molecule has 3 heteroatoms. The van der Waals surface area contributed by atoms with Crippen molar-refractivity contribution in [3.8, 4) is 6.07 Å². The van der Waals surface area contributed by atoms with Crippen molar-refractivity contribution in [1.29, 1.82) is 5.26 Å². The zero-order valence-electron chi connectivity index (χ0n) is 6.66. The molecule has 0 radical (unpaired) electrons. The smallest absolute Gasteiger partial charge is 0.0811 e. The van der Waals surface area contributed by atoms with Gasteiger partial charge in [0.25, 0.3) is 0 Å². The summed E-state index contributed by atoms with van der Waals surface area (Å²) in [5, 5.41) is 8.30. The van der Waals surface area contributed by atoms with E-state index >= 15 is 0 Å². The fraction of sp³-hybridized carbons (Fsp3) is 0.222. The van der Waals surface area contributed by atoms with Crippen LogP contribution in [-0.4, -0.2) is 5.75 Å². The van der Waals surface area contributed by atoms with E-state index in [4.69, 9.17) is 11.0 Å². The summed E-state index contributed by atoms with van der Waals surface area (Å²) in [6.45, 7) is 0. The third-order valence-corrected chi connectivity index (χ3v) is 2.29. The summed E-state index contributed by atoms with van der Waals surface area (Å²) in [4.78, 5) is 0. The number of benzene rings is 1. The predicted octanol–water partition coefficient (Wildman–Crippen LogP) is 2.03. The molecule has 1 rings (SSSR count). The predicted molar refractivity (Wildman–Crippen MR) is 52.6 cm³/mol. The van der Waals surface area contributed by atoms with Gasteiger partial charge in [0.15, 0.2) is 0 Å².